The van der Waals surface area contributed by atoms with Crippen molar-refractivity contribution in [1.82, 2.24) is 14.8 Å². The molecule has 1 aliphatic rings. The van der Waals surface area contributed by atoms with Gasteiger partial charge in [-0.25, -0.2) is 0 Å². The van der Waals surface area contributed by atoms with Crippen LogP contribution in [0.25, 0.3) is 0 Å². The molecule has 84 valence electrons. The summed E-state index contributed by atoms with van der Waals surface area (Å²) in [5, 5.41) is 19.2. The van der Waals surface area contributed by atoms with Crippen LogP contribution in [0, 0.1) is 6.92 Å². The third-order valence-corrected chi connectivity index (χ3v) is 4.40. The van der Waals surface area contributed by atoms with Crippen LogP contribution >= 0.6 is 11.8 Å². The predicted octanol–water partition coefficient (Wildman–Crippen LogP) is 1.52. The number of aryl methyl sites for hydroxylation is 1. The first-order valence-electron chi connectivity index (χ1n) is 5.39. The van der Waals surface area contributed by atoms with Crippen molar-refractivity contribution in [3.63, 3.8) is 0 Å². The van der Waals surface area contributed by atoms with Crippen LogP contribution in [0.2, 0.25) is 0 Å². The standard InChI is InChI=1S/C10H17N3OS/c1-7-11-12-10(13(7)2)15-9-6-4-3-5-8(9)14/h8-9,14H,3-6H2,1-2H3/t8-,9-/m1/s1. The van der Waals surface area contributed by atoms with Crippen molar-refractivity contribution in [3.05, 3.63) is 5.82 Å². The van der Waals surface area contributed by atoms with E-state index in [1.807, 2.05) is 18.5 Å². The van der Waals surface area contributed by atoms with Crippen molar-refractivity contribution < 1.29 is 5.11 Å². The molecule has 15 heavy (non-hydrogen) atoms. The van der Waals surface area contributed by atoms with Crippen LogP contribution in [-0.4, -0.2) is 31.2 Å². The van der Waals surface area contributed by atoms with E-state index in [4.69, 9.17) is 0 Å². The number of aromatic nitrogens is 3. The normalized spacial score (nSPS) is 26.9. The second-order valence-electron chi connectivity index (χ2n) is 4.10. The number of hydrogen-bond acceptors (Lipinski definition) is 4. The highest BCUT2D eigenvalue weighted by Gasteiger charge is 2.25. The Kier molecular flexibility index (Phi) is 3.31. The fraction of sp³-hybridized carbons (Fsp3) is 0.800. The molecule has 1 aliphatic carbocycles. The van der Waals surface area contributed by atoms with Crippen LogP contribution in [0.5, 0.6) is 0 Å². The summed E-state index contributed by atoms with van der Waals surface area (Å²) in [6.45, 7) is 1.94. The number of hydrogen-bond donors (Lipinski definition) is 1. The predicted molar refractivity (Wildman–Crippen MR) is 59.9 cm³/mol. The quantitative estimate of drug-likeness (QED) is 0.832. The fourth-order valence-electron chi connectivity index (χ4n) is 1.84. The number of nitrogens with zero attached hydrogens (tertiary/aromatic N) is 3. The molecule has 1 heterocycles. The first-order valence-corrected chi connectivity index (χ1v) is 6.27. The van der Waals surface area contributed by atoms with Crippen LogP contribution in [-0.2, 0) is 7.05 Å². The van der Waals surface area contributed by atoms with E-state index in [0.29, 0.717) is 5.25 Å². The molecule has 4 nitrogen and oxygen atoms in total. The molecule has 0 saturated heterocycles. The first kappa shape index (κ1) is 11.0. The summed E-state index contributed by atoms with van der Waals surface area (Å²) in [5.74, 6) is 0.919. The highest BCUT2D eigenvalue weighted by atomic mass is 32.2. The van der Waals surface area contributed by atoms with Crippen molar-refractivity contribution in [3.8, 4) is 0 Å². The van der Waals surface area contributed by atoms with E-state index >= 15 is 0 Å². The van der Waals surface area contributed by atoms with Crippen molar-refractivity contribution in [2.75, 3.05) is 0 Å². The Labute approximate surface area is 94.1 Å². The van der Waals surface area contributed by atoms with Gasteiger partial charge in [0.1, 0.15) is 5.82 Å². The SMILES string of the molecule is Cc1nnc(S[C@@H]2CCCC[C@H]2O)n1C. The first-order chi connectivity index (χ1) is 7.18. The van der Waals surface area contributed by atoms with E-state index in [9.17, 15) is 5.11 Å². The summed E-state index contributed by atoms with van der Waals surface area (Å²) < 4.78 is 1.98. The van der Waals surface area contributed by atoms with Crippen molar-refractivity contribution in [2.24, 2.45) is 7.05 Å². The smallest absolute Gasteiger partial charge is 0.191 e. The lowest BCUT2D eigenvalue weighted by atomic mass is 9.97. The van der Waals surface area contributed by atoms with Gasteiger partial charge in [-0.05, 0) is 19.8 Å². The third kappa shape index (κ3) is 2.34. The molecule has 0 bridgehead atoms. The molecule has 0 radical (unpaired) electrons. The minimum absolute atomic E-state index is 0.180. The molecule has 1 saturated carbocycles. The maximum atomic E-state index is 9.85. The van der Waals surface area contributed by atoms with E-state index in [1.165, 1.54) is 6.42 Å². The lowest BCUT2D eigenvalue weighted by Gasteiger charge is -2.26. The highest BCUT2D eigenvalue weighted by molar-refractivity contribution is 7.99. The molecule has 1 aromatic heterocycles. The Morgan fingerprint density at radius 2 is 2.07 bits per heavy atom. The Balaban J connectivity index is 2.04. The molecule has 2 rings (SSSR count). The van der Waals surface area contributed by atoms with Gasteiger partial charge in [0, 0.05) is 12.3 Å². The second-order valence-corrected chi connectivity index (χ2v) is 5.30. The summed E-state index contributed by atoms with van der Waals surface area (Å²) in [6, 6.07) is 0. The Bertz CT molecular complexity index is 339. The van der Waals surface area contributed by atoms with Gasteiger partial charge < -0.3 is 9.67 Å². The number of aliphatic hydroxyl groups is 1. The van der Waals surface area contributed by atoms with Crippen LogP contribution in [0.4, 0.5) is 0 Å². The molecule has 0 spiro atoms. The molecule has 1 N–H and O–H groups in total. The topological polar surface area (TPSA) is 50.9 Å². The van der Waals surface area contributed by atoms with Crippen LogP contribution in [0.3, 0.4) is 0 Å². The maximum absolute atomic E-state index is 9.85. The fourth-order valence-corrected chi connectivity index (χ4v) is 3.07. The average Bonchev–Trinajstić information content (AvgIpc) is 2.53. The molecule has 2 atom stereocenters. The summed E-state index contributed by atoms with van der Waals surface area (Å²) in [7, 11) is 1.97. The van der Waals surface area contributed by atoms with Gasteiger partial charge >= 0.3 is 0 Å². The van der Waals surface area contributed by atoms with Gasteiger partial charge in [-0.2, -0.15) is 0 Å². The van der Waals surface area contributed by atoms with Crippen molar-refractivity contribution in [2.45, 2.75) is 49.1 Å². The zero-order valence-corrected chi connectivity index (χ0v) is 10.00. The Morgan fingerprint density at radius 1 is 1.33 bits per heavy atom. The molecule has 1 aromatic rings. The lowest BCUT2D eigenvalue weighted by Crippen LogP contribution is -2.27. The minimum atomic E-state index is -0.180. The van der Waals surface area contributed by atoms with Gasteiger partial charge in [0.25, 0.3) is 0 Å². The molecule has 1 fully saturated rings. The van der Waals surface area contributed by atoms with Gasteiger partial charge in [-0.1, -0.05) is 24.6 Å². The van der Waals surface area contributed by atoms with Gasteiger partial charge in [0.2, 0.25) is 0 Å². The number of thioether (sulfide) groups is 1. The van der Waals surface area contributed by atoms with Crippen molar-refractivity contribution in [1.29, 1.82) is 0 Å². The zero-order chi connectivity index (χ0) is 10.8. The molecule has 0 unspecified atom stereocenters. The molecule has 0 aromatic carbocycles. The van der Waals surface area contributed by atoms with Crippen LogP contribution in [0.15, 0.2) is 5.16 Å². The van der Waals surface area contributed by atoms with Crippen LogP contribution < -0.4 is 0 Å². The summed E-state index contributed by atoms with van der Waals surface area (Å²) >= 11 is 1.66. The van der Waals surface area contributed by atoms with Gasteiger partial charge in [-0.15, -0.1) is 10.2 Å². The lowest BCUT2D eigenvalue weighted by molar-refractivity contribution is 0.137. The van der Waals surface area contributed by atoms with E-state index in [1.54, 1.807) is 11.8 Å². The van der Waals surface area contributed by atoms with Gasteiger partial charge in [0.05, 0.1) is 6.10 Å². The Morgan fingerprint density at radius 3 is 2.67 bits per heavy atom. The van der Waals surface area contributed by atoms with Gasteiger partial charge in [0.15, 0.2) is 5.16 Å². The molecule has 0 amide bonds. The van der Waals surface area contributed by atoms with E-state index in [-0.39, 0.29) is 6.10 Å². The number of rotatable bonds is 2. The molecular weight excluding hydrogens is 210 g/mol. The highest BCUT2D eigenvalue weighted by Crippen LogP contribution is 2.32. The largest absolute Gasteiger partial charge is 0.392 e. The number of aliphatic hydroxyl groups excluding tert-OH is 1. The molecule has 0 aliphatic heterocycles. The van der Waals surface area contributed by atoms with Crippen molar-refractivity contribution >= 4 is 11.8 Å². The zero-order valence-electron chi connectivity index (χ0n) is 9.18. The molecular formula is C10H17N3OS. The minimum Gasteiger partial charge on any atom is -0.392 e. The van der Waals surface area contributed by atoms with E-state index in [2.05, 4.69) is 10.2 Å². The Hall–Kier alpha value is -0.550. The summed E-state index contributed by atoms with van der Waals surface area (Å²) in [6.07, 6.45) is 4.19. The average molecular weight is 227 g/mol. The maximum Gasteiger partial charge on any atom is 0.191 e. The van der Waals surface area contributed by atoms with Gasteiger partial charge in [-0.3, -0.25) is 0 Å². The molecule has 5 heteroatoms. The van der Waals surface area contributed by atoms with Crippen LogP contribution in [0.1, 0.15) is 31.5 Å². The monoisotopic (exact) mass is 227 g/mol. The second kappa shape index (κ2) is 4.53. The third-order valence-electron chi connectivity index (χ3n) is 2.98. The summed E-state index contributed by atoms with van der Waals surface area (Å²) in [4.78, 5) is 0. The van der Waals surface area contributed by atoms with E-state index in [0.717, 1.165) is 30.2 Å². The summed E-state index contributed by atoms with van der Waals surface area (Å²) in [5.41, 5.74) is 0. The van der Waals surface area contributed by atoms with E-state index < -0.39 is 0 Å².